The summed E-state index contributed by atoms with van der Waals surface area (Å²) in [6.07, 6.45) is 0. The van der Waals surface area contributed by atoms with Crippen molar-refractivity contribution < 1.29 is 21.7 Å². The van der Waals surface area contributed by atoms with E-state index in [1.54, 1.807) is 13.8 Å². The minimum absolute atomic E-state index is 0.108. The molecule has 3 rings (SSSR count). The first-order chi connectivity index (χ1) is 11.8. The number of aryl methyl sites for hydroxylation is 2. The molecule has 1 aromatic heterocycles. The molecule has 9 heteroatoms. The van der Waals surface area contributed by atoms with E-state index in [-0.39, 0.29) is 35.9 Å². The molecule has 0 N–H and O–H groups in total. The Morgan fingerprint density at radius 2 is 1.84 bits per heavy atom. The summed E-state index contributed by atoms with van der Waals surface area (Å²) in [7, 11) is -3.67. The third kappa shape index (κ3) is 3.44. The van der Waals surface area contributed by atoms with Gasteiger partial charge in [-0.3, -0.25) is 4.90 Å². The molecular formula is C16H19F2N3O3S. The molecule has 0 unspecified atom stereocenters. The first kappa shape index (κ1) is 18.0. The van der Waals surface area contributed by atoms with Crippen molar-refractivity contribution in [3.63, 3.8) is 0 Å². The maximum Gasteiger partial charge on any atom is 0.248 e. The second-order valence-corrected chi connectivity index (χ2v) is 7.92. The molecule has 0 spiro atoms. The van der Waals surface area contributed by atoms with Gasteiger partial charge in [-0.1, -0.05) is 17.3 Å². The highest BCUT2D eigenvalue weighted by molar-refractivity contribution is 7.89. The molecule has 0 radical (unpaired) electrons. The highest BCUT2D eigenvalue weighted by Gasteiger charge is 2.33. The Labute approximate surface area is 145 Å². The van der Waals surface area contributed by atoms with Crippen LogP contribution in [-0.4, -0.2) is 49.0 Å². The number of rotatable bonds is 4. The number of benzene rings is 1. The normalized spacial score (nSPS) is 17.1. The molecule has 25 heavy (non-hydrogen) atoms. The van der Waals surface area contributed by atoms with Gasteiger partial charge in [0.05, 0.1) is 0 Å². The summed E-state index contributed by atoms with van der Waals surface area (Å²) in [5.74, 6) is -1.47. The van der Waals surface area contributed by atoms with Crippen LogP contribution in [0.4, 0.5) is 8.78 Å². The average Bonchev–Trinajstić information content (AvgIpc) is 2.92. The molecule has 1 aromatic carbocycles. The van der Waals surface area contributed by atoms with Gasteiger partial charge in [0, 0.05) is 38.3 Å². The molecule has 1 saturated heterocycles. The Bertz CT molecular complexity index is 855. The van der Waals surface area contributed by atoms with E-state index in [9.17, 15) is 17.2 Å². The number of hydrogen-bond donors (Lipinski definition) is 0. The van der Waals surface area contributed by atoms with Gasteiger partial charge in [-0.25, -0.2) is 17.2 Å². The van der Waals surface area contributed by atoms with Crippen LogP contribution in [0.25, 0.3) is 0 Å². The molecule has 2 heterocycles. The lowest BCUT2D eigenvalue weighted by atomic mass is 10.2. The lowest BCUT2D eigenvalue weighted by Crippen LogP contribution is -2.48. The Morgan fingerprint density at radius 3 is 2.44 bits per heavy atom. The third-order valence-corrected chi connectivity index (χ3v) is 6.47. The van der Waals surface area contributed by atoms with Gasteiger partial charge in [0.1, 0.15) is 10.6 Å². The summed E-state index contributed by atoms with van der Waals surface area (Å²) in [5, 5.41) is 3.70. The molecule has 6 nitrogen and oxygen atoms in total. The van der Waals surface area contributed by atoms with Gasteiger partial charge in [0.25, 0.3) is 0 Å². The number of hydrogen-bond acceptors (Lipinski definition) is 5. The van der Waals surface area contributed by atoms with E-state index in [0.717, 1.165) is 6.07 Å². The van der Waals surface area contributed by atoms with E-state index < -0.39 is 21.7 Å². The highest BCUT2D eigenvalue weighted by Crippen LogP contribution is 2.24. The Kier molecular flexibility index (Phi) is 4.90. The largest absolute Gasteiger partial charge is 0.360 e. The van der Waals surface area contributed by atoms with Crippen LogP contribution in [-0.2, 0) is 16.6 Å². The van der Waals surface area contributed by atoms with E-state index in [1.807, 2.05) is 4.90 Å². The van der Waals surface area contributed by atoms with Crippen LogP contribution in [0.2, 0.25) is 0 Å². The fraction of sp³-hybridized carbons (Fsp3) is 0.438. The van der Waals surface area contributed by atoms with Crippen LogP contribution in [0.15, 0.2) is 27.6 Å². The fourth-order valence-corrected chi connectivity index (χ4v) is 4.72. The fourth-order valence-electron chi connectivity index (χ4n) is 3.01. The van der Waals surface area contributed by atoms with Crippen molar-refractivity contribution in [1.82, 2.24) is 14.4 Å². The van der Waals surface area contributed by atoms with Gasteiger partial charge in [-0.15, -0.1) is 0 Å². The van der Waals surface area contributed by atoms with Gasteiger partial charge in [-0.2, -0.15) is 4.31 Å². The topological polar surface area (TPSA) is 66.7 Å². The first-order valence-electron chi connectivity index (χ1n) is 7.89. The number of sulfonamides is 1. The molecule has 2 aromatic rings. The highest BCUT2D eigenvalue weighted by atomic mass is 32.2. The zero-order valence-electron chi connectivity index (χ0n) is 14.0. The SMILES string of the molecule is Cc1noc(C)c1S(=O)(=O)N1CCN(Cc2cccc(F)c2F)CC1. The first-order valence-corrected chi connectivity index (χ1v) is 9.33. The van der Waals surface area contributed by atoms with Gasteiger partial charge < -0.3 is 4.52 Å². The van der Waals surface area contributed by atoms with Gasteiger partial charge in [0.15, 0.2) is 17.4 Å². The van der Waals surface area contributed by atoms with Crippen molar-refractivity contribution in [3.8, 4) is 0 Å². The summed E-state index contributed by atoms with van der Waals surface area (Å²) in [5.41, 5.74) is 0.601. The maximum atomic E-state index is 13.8. The smallest absolute Gasteiger partial charge is 0.248 e. The predicted molar refractivity (Wildman–Crippen MR) is 86.4 cm³/mol. The Morgan fingerprint density at radius 1 is 1.16 bits per heavy atom. The molecule has 0 aliphatic carbocycles. The lowest BCUT2D eigenvalue weighted by Gasteiger charge is -2.33. The van der Waals surface area contributed by atoms with Crippen molar-refractivity contribution in [2.75, 3.05) is 26.2 Å². The van der Waals surface area contributed by atoms with Crippen LogP contribution >= 0.6 is 0 Å². The molecule has 1 fully saturated rings. The summed E-state index contributed by atoms with van der Waals surface area (Å²) in [6, 6.07) is 4.07. The van der Waals surface area contributed by atoms with E-state index in [1.165, 1.54) is 16.4 Å². The minimum Gasteiger partial charge on any atom is -0.360 e. The van der Waals surface area contributed by atoms with Crippen molar-refractivity contribution >= 4 is 10.0 Å². The second-order valence-electron chi connectivity index (χ2n) is 6.05. The molecule has 1 aliphatic heterocycles. The van der Waals surface area contributed by atoms with E-state index in [2.05, 4.69) is 5.16 Å². The van der Waals surface area contributed by atoms with Crippen molar-refractivity contribution in [2.24, 2.45) is 0 Å². The second kappa shape index (κ2) is 6.81. The minimum atomic E-state index is -3.67. The average molecular weight is 371 g/mol. The van der Waals surface area contributed by atoms with Crippen LogP contribution in [0.5, 0.6) is 0 Å². The van der Waals surface area contributed by atoms with Gasteiger partial charge >= 0.3 is 0 Å². The lowest BCUT2D eigenvalue weighted by molar-refractivity contribution is 0.179. The Balaban J connectivity index is 1.69. The molecule has 136 valence electrons. The summed E-state index contributed by atoms with van der Waals surface area (Å²) < 4.78 is 58.9. The molecule has 0 atom stereocenters. The Hall–Kier alpha value is -1.84. The van der Waals surface area contributed by atoms with Crippen LogP contribution in [0.3, 0.4) is 0 Å². The molecule has 1 aliphatic rings. The van der Waals surface area contributed by atoms with Gasteiger partial charge in [-0.05, 0) is 19.9 Å². The van der Waals surface area contributed by atoms with Crippen LogP contribution < -0.4 is 0 Å². The summed E-state index contributed by atoms with van der Waals surface area (Å²) in [6.45, 7) is 4.79. The van der Waals surface area contributed by atoms with Gasteiger partial charge in [0.2, 0.25) is 10.0 Å². The van der Waals surface area contributed by atoms with Crippen LogP contribution in [0.1, 0.15) is 17.0 Å². The standard InChI is InChI=1S/C16H19F2N3O3S/c1-11-16(12(2)24-19-11)25(22,23)21-8-6-20(7-9-21)10-13-4-3-5-14(17)15(13)18/h3-5H,6-10H2,1-2H3. The number of halogens is 2. The van der Waals surface area contributed by atoms with E-state index in [4.69, 9.17) is 4.52 Å². The maximum absolute atomic E-state index is 13.8. The molecule has 0 saturated carbocycles. The molecular weight excluding hydrogens is 352 g/mol. The summed E-state index contributed by atoms with van der Waals surface area (Å²) >= 11 is 0. The zero-order valence-corrected chi connectivity index (χ0v) is 14.8. The van der Waals surface area contributed by atoms with Crippen molar-refractivity contribution in [2.45, 2.75) is 25.3 Å². The quantitative estimate of drug-likeness (QED) is 0.823. The molecule has 0 amide bonds. The monoisotopic (exact) mass is 371 g/mol. The predicted octanol–water partition coefficient (Wildman–Crippen LogP) is 2.08. The van der Waals surface area contributed by atoms with E-state index >= 15 is 0 Å². The molecule has 0 bridgehead atoms. The number of aromatic nitrogens is 1. The van der Waals surface area contributed by atoms with Crippen molar-refractivity contribution in [3.05, 3.63) is 46.9 Å². The summed E-state index contributed by atoms with van der Waals surface area (Å²) in [4.78, 5) is 2.01. The number of nitrogens with zero attached hydrogens (tertiary/aromatic N) is 3. The van der Waals surface area contributed by atoms with Crippen LogP contribution in [0, 0.1) is 25.5 Å². The third-order valence-electron chi connectivity index (χ3n) is 4.32. The van der Waals surface area contributed by atoms with Crippen molar-refractivity contribution in [1.29, 1.82) is 0 Å². The van der Waals surface area contributed by atoms with E-state index in [0.29, 0.717) is 18.8 Å². The number of piperazine rings is 1. The zero-order chi connectivity index (χ0) is 18.2.